The number of fused-ring (bicyclic) bond motifs is 5. The zero-order valence-corrected chi connectivity index (χ0v) is 31.7. The first-order valence-corrected chi connectivity index (χ1v) is 20.8. The number of nitrogens with zero attached hydrogens (tertiary/aromatic N) is 1. The molecule has 0 aliphatic heterocycles. The van der Waals surface area contributed by atoms with Gasteiger partial charge in [-0.1, -0.05) is 148 Å². The molecule has 0 amide bonds. The molecule has 0 N–H and O–H groups in total. The van der Waals surface area contributed by atoms with E-state index in [0.29, 0.717) is 11.8 Å². The first kappa shape index (κ1) is 33.9. The van der Waals surface area contributed by atoms with Crippen molar-refractivity contribution in [2.75, 3.05) is 4.90 Å². The van der Waals surface area contributed by atoms with Gasteiger partial charge in [-0.05, 0) is 119 Å². The Bertz CT molecular complexity index is 2540. The van der Waals surface area contributed by atoms with Gasteiger partial charge in [0.2, 0.25) is 0 Å². The van der Waals surface area contributed by atoms with Crippen molar-refractivity contribution in [1.82, 2.24) is 0 Å². The molecule has 2 nitrogen and oxygen atoms in total. The van der Waals surface area contributed by atoms with Gasteiger partial charge in [0.05, 0.1) is 0 Å². The van der Waals surface area contributed by atoms with Gasteiger partial charge in [0.25, 0.3) is 0 Å². The van der Waals surface area contributed by atoms with Gasteiger partial charge >= 0.3 is 0 Å². The van der Waals surface area contributed by atoms with E-state index in [4.69, 9.17) is 4.42 Å². The topological polar surface area (TPSA) is 16.4 Å². The van der Waals surface area contributed by atoms with Crippen LogP contribution in [0.15, 0.2) is 162 Å². The minimum absolute atomic E-state index is 0.0739. The van der Waals surface area contributed by atoms with Gasteiger partial charge in [0.15, 0.2) is 0 Å². The molecule has 2 saturated carbocycles. The highest BCUT2D eigenvalue weighted by molar-refractivity contribution is 6.20. The second kappa shape index (κ2) is 14.9. The number of hydrogen-bond acceptors (Lipinski definition) is 2. The fourth-order valence-electron chi connectivity index (χ4n) is 9.98. The standard InChI is InChI=1S/C53H49NO/c1-5-15-37(16-6-1)39-25-27-42(28-26-39)52(41-19-9-3-10-20-41)49-36-51-53(47-24-14-13-23-46(47)49)48-34-33-45(35-50(48)55-51)54(43-21-11-4-12-22-43)44-31-29-40(30-32-44)38-17-7-2-8-18-38/h3-4,9-14,19-38,52H,1-2,5-8,15-18H2. The van der Waals surface area contributed by atoms with Gasteiger partial charge in [-0.3, -0.25) is 0 Å². The molecule has 2 fully saturated rings. The Kier molecular flexibility index (Phi) is 9.20. The molecule has 10 rings (SSSR count). The van der Waals surface area contributed by atoms with Crippen LogP contribution in [0.25, 0.3) is 32.7 Å². The predicted molar refractivity (Wildman–Crippen MR) is 231 cm³/mol. The Morgan fingerprint density at radius 2 is 0.945 bits per heavy atom. The smallest absolute Gasteiger partial charge is 0.137 e. The lowest BCUT2D eigenvalue weighted by Crippen LogP contribution is -2.10. The summed E-state index contributed by atoms with van der Waals surface area (Å²) in [4.78, 5) is 2.36. The summed E-state index contributed by atoms with van der Waals surface area (Å²) in [5.74, 6) is 1.45. The first-order chi connectivity index (χ1) is 27.3. The number of para-hydroxylation sites is 1. The number of rotatable bonds is 8. The molecule has 0 radical (unpaired) electrons. The van der Waals surface area contributed by atoms with E-state index >= 15 is 0 Å². The average Bonchev–Trinajstić information content (AvgIpc) is 3.64. The second-order valence-electron chi connectivity index (χ2n) is 16.1. The van der Waals surface area contributed by atoms with Crippen molar-refractivity contribution in [3.63, 3.8) is 0 Å². The molecule has 1 heterocycles. The zero-order chi connectivity index (χ0) is 36.6. The maximum atomic E-state index is 6.96. The number of hydrogen-bond donors (Lipinski definition) is 0. The van der Waals surface area contributed by atoms with Crippen molar-refractivity contribution in [3.8, 4) is 0 Å². The van der Waals surface area contributed by atoms with Crippen LogP contribution >= 0.6 is 0 Å². The highest BCUT2D eigenvalue weighted by Crippen LogP contribution is 2.45. The van der Waals surface area contributed by atoms with Crippen LogP contribution < -0.4 is 4.90 Å². The van der Waals surface area contributed by atoms with Crippen LogP contribution in [0, 0.1) is 0 Å². The summed E-state index contributed by atoms with van der Waals surface area (Å²) in [7, 11) is 0. The van der Waals surface area contributed by atoms with Crippen molar-refractivity contribution in [2.24, 2.45) is 0 Å². The van der Waals surface area contributed by atoms with Gasteiger partial charge in [0, 0.05) is 39.8 Å². The minimum Gasteiger partial charge on any atom is -0.456 e. The van der Waals surface area contributed by atoms with Crippen molar-refractivity contribution in [2.45, 2.75) is 82.0 Å². The largest absolute Gasteiger partial charge is 0.456 e. The lowest BCUT2D eigenvalue weighted by Gasteiger charge is -2.27. The van der Waals surface area contributed by atoms with Gasteiger partial charge in [-0.15, -0.1) is 0 Å². The third kappa shape index (κ3) is 6.52. The summed E-state index contributed by atoms with van der Waals surface area (Å²) in [5, 5.41) is 4.84. The lowest BCUT2D eigenvalue weighted by molar-refractivity contribution is 0.443. The van der Waals surface area contributed by atoms with Gasteiger partial charge in [0.1, 0.15) is 11.2 Å². The third-order valence-corrected chi connectivity index (χ3v) is 12.8. The van der Waals surface area contributed by atoms with Crippen LogP contribution in [-0.4, -0.2) is 0 Å². The average molecular weight is 716 g/mol. The molecule has 1 aromatic heterocycles. The molecular weight excluding hydrogens is 667 g/mol. The highest BCUT2D eigenvalue weighted by atomic mass is 16.3. The maximum Gasteiger partial charge on any atom is 0.137 e. The molecule has 0 bridgehead atoms. The molecule has 2 aliphatic carbocycles. The fourth-order valence-corrected chi connectivity index (χ4v) is 9.98. The molecular formula is C53H49NO. The van der Waals surface area contributed by atoms with E-state index in [1.165, 1.54) is 108 Å². The Morgan fingerprint density at radius 1 is 0.418 bits per heavy atom. The third-order valence-electron chi connectivity index (χ3n) is 12.8. The fraction of sp³-hybridized carbons (Fsp3) is 0.245. The van der Waals surface area contributed by atoms with Gasteiger partial charge in [-0.2, -0.15) is 0 Å². The van der Waals surface area contributed by atoms with Gasteiger partial charge < -0.3 is 9.32 Å². The Labute approximate surface area is 325 Å². The quantitative estimate of drug-likeness (QED) is 0.146. The summed E-state index contributed by atoms with van der Waals surface area (Å²) in [6.45, 7) is 0. The van der Waals surface area contributed by atoms with Crippen LogP contribution in [0.1, 0.15) is 110 Å². The molecule has 1 atom stereocenters. The molecule has 2 heteroatoms. The van der Waals surface area contributed by atoms with Gasteiger partial charge in [-0.25, -0.2) is 0 Å². The van der Waals surface area contributed by atoms with E-state index in [1.807, 2.05) is 0 Å². The zero-order valence-electron chi connectivity index (χ0n) is 31.7. The van der Waals surface area contributed by atoms with Crippen LogP contribution in [0.2, 0.25) is 0 Å². The number of anilines is 3. The molecule has 1 unspecified atom stereocenters. The lowest BCUT2D eigenvalue weighted by atomic mass is 9.80. The Morgan fingerprint density at radius 3 is 1.60 bits per heavy atom. The summed E-state index contributed by atoms with van der Waals surface area (Å²) < 4.78 is 6.96. The minimum atomic E-state index is 0.0739. The predicted octanol–water partition coefficient (Wildman–Crippen LogP) is 15.5. The SMILES string of the molecule is c1ccc(C(c2ccc(C3CCCCC3)cc2)c2cc3oc4cc(N(c5ccccc5)c5ccc(C6CCCCC6)cc5)ccc4c3c3ccccc23)cc1. The molecule has 0 spiro atoms. The van der Waals surface area contributed by atoms with E-state index in [2.05, 4.69) is 163 Å². The summed E-state index contributed by atoms with van der Waals surface area (Å²) >= 11 is 0. The van der Waals surface area contributed by atoms with Crippen molar-refractivity contribution in [1.29, 1.82) is 0 Å². The summed E-state index contributed by atoms with van der Waals surface area (Å²) in [6.07, 6.45) is 13.4. The van der Waals surface area contributed by atoms with Crippen LogP contribution in [0.3, 0.4) is 0 Å². The molecule has 0 saturated heterocycles. The van der Waals surface area contributed by atoms with Crippen LogP contribution in [-0.2, 0) is 0 Å². The highest BCUT2D eigenvalue weighted by Gasteiger charge is 2.25. The van der Waals surface area contributed by atoms with E-state index in [1.54, 1.807) is 0 Å². The van der Waals surface area contributed by atoms with Crippen LogP contribution in [0.4, 0.5) is 17.1 Å². The van der Waals surface area contributed by atoms with E-state index in [9.17, 15) is 0 Å². The normalized spacial score (nSPS) is 16.1. The monoisotopic (exact) mass is 715 g/mol. The Balaban J connectivity index is 1.09. The van der Waals surface area contributed by atoms with Crippen molar-refractivity contribution < 1.29 is 4.42 Å². The number of benzene rings is 7. The van der Waals surface area contributed by atoms with Crippen molar-refractivity contribution >= 4 is 49.8 Å². The van der Waals surface area contributed by atoms with E-state index in [0.717, 1.165) is 33.6 Å². The first-order valence-electron chi connectivity index (χ1n) is 20.8. The molecule has 8 aromatic rings. The van der Waals surface area contributed by atoms with Crippen molar-refractivity contribution in [3.05, 3.63) is 186 Å². The molecule has 55 heavy (non-hydrogen) atoms. The number of furan rings is 1. The Hall–Kier alpha value is -5.60. The maximum absolute atomic E-state index is 6.96. The molecule has 2 aliphatic rings. The van der Waals surface area contributed by atoms with E-state index in [-0.39, 0.29) is 5.92 Å². The molecule has 7 aromatic carbocycles. The molecule has 272 valence electrons. The van der Waals surface area contributed by atoms with Crippen LogP contribution in [0.5, 0.6) is 0 Å². The van der Waals surface area contributed by atoms with E-state index < -0.39 is 0 Å². The second-order valence-corrected chi connectivity index (χ2v) is 16.1. The summed E-state index contributed by atoms with van der Waals surface area (Å²) in [5.41, 5.74) is 12.1. The summed E-state index contributed by atoms with van der Waals surface area (Å²) in [6, 6.07) is 58.8.